The van der Waals surface area contributed by atoms with E-state index in [1.807, 2.05) is 0 Å². The van der Waals surface area contributed by atoms with Gasteiger partial charge in [-0.2, -0.15) is 0 Å². The van der Waals surface area contributed by atoms with Gasteiger partial charge in [-0.3, -0.25) is 0 Å². The van der Waals surface area contributed by atoms with Crippen LogP contribution < -0.4 is 18.9 Å². The zero-order valence-corrected chi connectivity index (χ0v) is 19.9. The van der Waals surface area contributed by atoms with Gasteiger partial charge in [0, 0.05) is 12.1 Å². The van der Waals surface area contributed by atoms with Gasteiger partial charge in [0.1, 0.15) is 20.2 Å². The van der Waals surface area contributed by atoms with Gasteiger partial charge < -0.3 is 28.1 Å². The van der Waals surface area contributed by atoms with Gasteiger partial charge in [0.05, 0.1) is 38.2 Å². The summed E-state index contributed by atoms with van der Waals surface area (Å²) in [5.74, 6) is 1.17. The molecule has 0 fully saturated rings. The molecule has 0 heterocycles. The molecule has 0 aromatic heterocycles. The minimum atomic E-state index is -4.45. The first-order valence-corrected chi connectivity index (χ1v) is 10.2. The standard InChI is InChI=1S/2C8H10O5S.Ca/c2*1-12-7-4-3-6(14(9,10)11)5-8(7)13-2;/h2*3-5H,1-2H3,(H,9,10,11);/q;;+2/p-2. The molecule has 2 aromatic carbocycles. The van der Waals surface area contributed by atoms with Crippen molar-refractivity contribution < 1.29 is 44.9 Å². The fourth-order valence-corrected chi connectivity index (χ4v) is 2.92. The van der Waals surface area contributed by atoms with Crippen LogP contribution in [0.25, 0.3) is 0 Å². The van der Waals surface area contributed by atoms with Gasteiger partial charge in [-0.1, -0.05) is 0 Å². The van der Waals surface area contributed by atoms with E-state index in [1.165, 1.54) is 52.7 Å². The van der Waals surface area contributed by atoms with Crippen LogP contribution in [0, 0.1) is 0 Å². The normalized spacial score (nSPS) is 10.7. The Balaban J connectivity index is 0.000000523. The Bertz CT molecular complexity index is 936. The first-order valence-electron chi connectivity index (χ1n) is 7.33. The summed E-state index contributed by atoms with van der Waals surface area (Å²) in [7, 11) is -3.33. The van der Waals surface area contributed by atoms with Crippen LogP contribution in [0.5, 0.6) is 23.0 Å². The maximum absolute atomic E-state index is 10.6. The largest absolute Gasteiger partial charge is 2.00 e. The molecular weight excluding hydrogens is 456 g/mol. The summed E-state index contributed by atoms with van der Waals surface area (Å²) in [6.45, 7) is 0. The number of rotatable bonds is 6. The van der Waals surface area contributed by atoms with Crippen molar-refractivity contribution in [1.29, 1.82) is 0 Å². The van der Waals surface area contributed by atoms with E-state index >= 15 is 0 Å². The molecule has 0 aliphatic carbocycles. The predicted octanol–water partition coefficient (Wildman–Crippen LogP) is 0.835. The molecule has 0 spiro atoms. The smallest absolute Gasteiger partial charge is 0.744 e. The molecule has 0 atom stereocenters. The van der Waals surface area contributed by atoms with Crippen LogP contribution in [-0.2, 0) is 20.2 Å². The molecule has 0 saturated carbocycles. The van der Waals surface area contributed by atoms with Crippen molar-refractivity contribution in [3.05, 3.63) is 36.4 Å². The molecule has 0 unspecified atom stereocenters. The van der Waals surface area contributed by atoms with Crippen LogP contribution in [0.4, 0.5) is 0 Å². The summed E-state index contributed by atoms with van der Waals surface area (Å²) < 4.78 is 83.3. The molecule has 2 rings (SSSR count). The van der Waals surface area contributed by atoms with Crippen LogP contribution in [0.15, 0.2) is 46.2 Å². The molecular formula is C16H18CaO10S2. The van der Waals surface area contributed by atoms with Crippen molar-refractivity contribution >= 4 is 58.0 Å². The maximum Gasteiger partial charge on any atom is 2.00 e. The Kier molecular flexibility index (Phi) is 11.3. The number of hydrogen-bond acceptors (Lipinski definition) is 10. The van der Waals surface area contributed by atoms with Gasteiger partial charge >= 0.3 is 37.7 Å². The Morgan fingerprint density at radius 1 is 0.586 bits per heavy atom. The van der Waals surface area contributed by atoms with E-state index in [4.69, 9.17) is 18.9 Å². The fraction of sp³-hybridized carbons (Fsp3) is 0.250. The SMILES string of the molecule is COc1ccc(S(=O)(=O)[O-])cc1OC.COc1ccc(S(=O)(=O)[O-])cc1OC.[Ca+2]. The molecule has 156 valence electrons. The van der Waals surface area contributed by atoms with Crippen LogP contribution in [-0.4, -0.2) is 92.1 Å². The van der Waals surface area contributed by atoms with E-state index in [-0.39, 0.29) is 59.0 Å². The second-order valence-corrected chi connectivity index (χ2v) is 7.70. The molecule has 13 heteroatoms. The Morgan fingerprint density at radius 3 is 1.07 bits per heavy atom. The van der Waals surface area contributed by atoms with E-state index in [0.29, 0.717) is 11.5 Å². The third-order valence-corrected chi connectivity index (χ3v) is 4.95. The summed E-state index contributed by atoms with van der Waals surface area (Å²) in [5.41, 5.74) is 0. The summed E-state index contributed by atoms with van der Waals surface area (Å²) in [6, 6.07) is 7.32. The Morgan fingerprint density at radius 2 is 0.862 bits per heavy atom. The summed E-state index contributed by atoms with van der Waals surface area (Å²) in [4.78, 5) is -0.676. The molecule has 29 heavy (non-hydrogen) atoms. The molecule has 0 radical (unpaired) electrons. The Hall–Kier alpha value is -1.28. The van der Waals surface area contributed by atoms with Crippen LogP contribution in [0.3, 0.4) is 0 Å². The van der Waals surface area contributed by atoms with Crippen molar-refractivity contribution in [2.24, 2.45) is 0 Å². The average molecular weight is 475 g/mol. The van der Waals surface area contributed by atoms with Crippen LogP contribution >= 0.6 is 0 Å². The molecule has 0 aliphatic rings. The second-order valence-electron chi connectivity index (χ2n) is 4.94. The van der Waals surface area contributed by atoms with Crippen molar-refractivity contribution in [2.45, 2.75) is 9.79 Å². The average Bonchev–Trinajstić information content (AvgIpc) is 2.65. The summed E-state index contributed by atoms with van der Waals surface area (Å²) >= 11 is 0. The van der Waals surface area contributed by atoms with Crippen molar-refractivity contribution in [3.8, 4) is 23.0 Å². The summed E-state index contributed by atoms with van der Waals surface area (Å²) in [6.07, 6.45) is 0. The molecule has 0 aliphatic heterocycles. The van der Waals surface area contributed by atoms with Gasteiger partial charge in [-0.05, 0) is 24.3 Å². The van der Waals surface area contributed by atoms with Gasteiger partial charge in [-0.25, -0.2) is 16.8 Å². The number of benzene rings is 2. The van der Waals surface area contributed by atoms with E-state index in [9.17, 15) is 25.9 Å². The third kappa shape index (κ3) is 8.16. The van der Waals surface area contributed by atoms with E-state index < -0.39 is 20.2 Å². The van der Waals surface area contributed by atoms with Gasteiger partial charge in [0.15, 0.2) is 23.0 Å². The summed E-state index contributed by atoms with van der Waals surface area (Å²) in [5, 5.41) is 0. The van der Waals surface area contributed by atoms with Crippen LogP contribution in [0.2, 0.25) is 0 Å². The number of hydrogen-bond donors (Lipinski definition) is 0. The molecule has 10 nitrogen and oxygen atoms in total. The third-order valence-electron chi connectivity index (χ3n) is 3.29. The van der Waals surface area contributed by atoms with Gasteiger partial charge in [0.2, 0.25) is 0 Å². The van der Waals surface area contributed by atoms with Crippen LogP contribution in [0.1, 0.15) is 0 Å². The van der Waals surface area contributed by atoms with E-state index in [1.54, 1.807) is 0 Å². The quantitative estimate of drug-likeness (QED) is 0.435. The molecule has 2 aromatic rings. The zero-order valence-electron chi connectivity index (χ0n) is 16.1. The zero-order chi connectivity index (χ0) is 21.5. The monoisotopic (exact) mass is 474 g/mol. The molecule has 0 N–H and O–H groups in total. The molecule has 0 amide bonds. The van der Waals surface area contributed by atoms with Gasteiger partial charge in [0.25, 0.3) is 0 Å². The fourth-order valence-electron chi connectivity index (χ4n) is 1.94. The number of methoxy groups -OCH3 is 4. The second kappa shape index (κ2) is 11.8. The number of ether oxygens (including phenoxy) is 4. The first-order chi connectivity index (χ1) is 13.0. The predicted molar refractivity (Wildman–Crippen MR) is 101 cm³/mol. The van der Waals surface area contributed by atoms with E-state index in [2.05, 4.69) is 0 Å². The molecule has 0 bridgehead atoms. The molecule has 0 saturated heterocycles. The maximum atomic E-state index is 10.6. The Labute approximate surface area is 199 Å². The van der Waals surface area contributed by atoms with Crippen molar-refractivity contribution in [2.75, 3.05) is 28.4 Å². The van der Waals surface area contributed by atoms with Crippen molar-refractivity contribution in [1.82, 2.24) is 0 Å². The van der Waals surface area contributed by atoms with Gasteiger partial charge in [-0.15, -0.1) is 0 Å². The topological polar surface area (TPSA) is 151 Å². The minimum absolute atomic E-state index is 0. The first kappa shape index (κ1) is 27.7. The van der Waals surface area contributed by atoms with Crippen molar-refractivity contribution in [3.63, 3.8) is 0 Å². The minimum Gasteiger partial charge on any atom is -0.744 e. The van der Waals surface area contributed by atoms with E-state index in [0.717, 1.165) is 12.1 Å².